The molecule has 0 saturated heterocycles. The average Bonchev–Trinajstić information content (AvgIpc) is 2.57. The third-order valence-electron chi connectivity index (χ3n) is 3.23. The van der Waals surface area contributed by atoms with Crippen LogP contribution in [0, 0.1) is 10.1 Å². The third kappa shape index (κ3) is 4.74. The highest BCUT2D eigenvalue weighted by Gasteiger charge is 2.21. The molecule has 1 atom stereocenters. The van der Waals surface area contributed by atoms with E-state index in [0.29, 0.717) is 10.8 Å². The number of nitro benzene ring substituents is 1. The van der Waals surface area contributed by atoms with Gasteiger partial charge in [0, 0.05) is 5.02 Å². The second-order valence-corrected chi connectivity index (χ2v) is 5.81. The first kappa shape index (κ1) is 18.8. The number of halogens is 2. The van der Waals surface area contributed by atoms with E-state index in [0.717, 1.165) is 0 Å². The molecular weight excluding hydrogens is 371 g/mol. The van der Waals surface area contributed by atoms with Gasteiger partial charge in [0.25, 0.3) is 11.6 Å². The molecule has 2 rings (SSSR count). The summed E-state index contributed by atoms with van der Waals surface area (Å²) in [4.78, 5) is 22.8. The van der Waals surface area contributed by atoms with Crippen LogP contribution in [0.15, 0.2) is 36.4 Å². The molecule has 0 aliphatic heterocycles. The van der Waals surface area contributed by atoms with Gasteiger partial charge in [-0.1, -0.05) is 23.2 Å². The highest BCUT2D eigenvalue weighted by molar-refractivity contribution is 6.35. The first-order chi connectivity index (χ1) is 11.8. The van der Waals surface area contributed by atoms with E-state index in [1.54, 1.807) is 6.07 Å². The zero-order chi connectivity index (χ0) is 18.6. The van der Waals surface area contributed by atoms with Gasteiger partial charge in [0.1, 0.15) is 17.2 Å². The number of nitro groups is 1. The molecule has 0 aliphatic carbocycles. The molecule has 0 fully saturated rings. The van der Waals surface area contributed by atoms with Crippen LogP contribution in [0.1, 0.15) is 6.92 Å². The largest absolute Gasteiger partial charge is 0.496 e. The van der Waals surface area contributed by atoms with Crippen LogP contribution < -0.4 is 14.8 Å². The standard InChI is InChI=1S/C16H14Cl2N2O5/c1-9(25-15-6-3-10(17)7-12(15)18)16(21)19-13-5-4-11(24-2)8-14(13)20(22)23/h3-9H,1-2H3,(H,19,21)/t9-/m1/s1. The van der Waals surface area contributed by atoms with Gasteiger partial charge in [0.15, 0.2) is 6.10 Å². The van der Waals surface area contributed by atoms with E-state index in [9.17, 15) is 14.9 Å². The van der Waals surface area contributed by atoms with Crippen LogP contribution in [0.2, 0.25) is 10.0 Å². The lowest BCUT2D eigenvalue weighted by Crippen LogP contribution is -2.30. The van der Waals surface area contributed by atoms with E-state index in [1.807, 2.05) is 0 Å². The second-order valence-electron chi connectivity index (χ2n) is 4.96. The summed E-state index contributed by atoms with van der Waals surface area (Å²) in [6.45, 7) is 1.50. The zero-order valence-electron chi connectivity index (χ0n) is 13.3. The fourth-order valence-corrected chi connectivity index (χ4v) is 2.40. The van der Waals surface area contributed by atoms with Crippen molar-refractivity contribution in [2.75, 3.05) is 12.4 Å². The predicted octanol–water partition coefficient (Wildman–Crippen LogP) is 4.32. The average molecular weight is 385 g/mol. The van der Waals surface area contributed by atoms with Gasteiger partial charge in [-0.15, -0.1) is 0 Å². The van der Waals surface area contributed by atoms with E-state index in [4.69, 9.17) is 32.7 Å². The Labute approximate surface area is 153 Å². The van der Waals surface area contributed by atoms with Crippen LogP contribution in [0.25, 0.3) is 0 Å². The van der Waals surface area contributed by atoms with E-state index >= 15 is 0 Å². The number of rotatable bonds is 6. The SMILES string of the molecule is COc1ccc(NC(=O)[C@@H](C)Oc2ccc(Cl)cc2Cl)c([N+](=O)[O-])c1. The summed E-state index contributed by atoms with van der Waals surface area (Å²) < 4.78 is 10.4. The van der Waals surface area contributed by atoms with E-state index in [-0.39, 0.29) is 22.1 Å². The molecule has 132 valence electrons. The second kappa shape index (κ2) is 8.04. The van der Waals surface area contributed by atoms with Crippen LogP contribution in [0.4, 0.5) is 11.4 Å². The number of amides is 1. The molecule has 0 unspecified atom stereocenters. The summed E-state index contributed by atoms with van der Waals surface area (Å²) in [5, 5.41) is 14.3. The molecule has 25 heavy (non-hydrogen) atoms. The lowest BCUT2D eigenvalue weighted by Gasteiger charge is -2.16. The predicted molar refractivity (Wildman–Crippen MR) is 94.8 cm³/mol. The fraction of sp³-hybridized carbons (Fsp3) is 0.188. The summed E-state index contributed by atoms with van der Waals surface area (Å²) in [5.74, 6) is 0.0131. The number of ether oxygens (including phenoxy) is 2. The molecule has 0 saturated carbocycles. The third-order valence-corrected chi connectivity index (χ3v) is 3.76. The Balaban J connectivity index is 2.14. The molecular formula is C16H14Cl2N2O5. The van der Waals surface area contributed by atoms with Crippen molar-refractivity contribution in [3.8, 4) is 11.5 Å². The van der Waals surface area contributed by atoms with Crippen LogP contribution in [-0.2, 0) is 4.79 Å². The summed E-state index contributed by atoms with van der Waals surface area (Å²) >= 11 is 11.8. The quantitative estimate of drug-likeness (QED) is 0.591. The number of benzene rings is 2. The van der Waals surface area contributed by atoms with Gasteiger partial charge in [0.2, 0.25) is 0 Å². The summed E-state index contributed by atoms with van der Waals surface area (Å²) in [6.07, 6.45) is -0.944. The van der Waals surface area contributed by atoms with Gasteiger partial charge >= 0.3 is 0 Å². The Hall–Kier alpha value is -2.51. The smallest absolute Gasteiger partial charge is 0.296 e. The molecule has 0 heterocycles. The number of nitrogens with one attached hydrogen (secondary N) is 1. The van der Waals surface area contributed by atoms with Crippen LogP contribution >= 0.6 is 23.2 Å². The molecule has 0 spiro atoms. The lowest BCUT2D eigenvalue weighted by molar-refractivity contribution is -0.384. The van der Waals surface area contributed by atoms with Gasteiger partial charge in [-0.3, -0.25) is 14.9 Å². The Bertz CT molecular complexity index is 813. The molecule has 9 heteroatoms. The van der Waals surface area contributed by atoms with E-state index < -0.39 is 16.9 Å². The highest BCUT2D eigenvalue weighted by atomic mass is 35.5. The van der Waals surface area contributed by atoms with Gasteiger partial charge in [0.05, 0.1) is 23.1 Å². The topological polar surface area (TPSA) is 90.7 Å². The number of methoxy groups -OCH3 is 1. The first-order valence-corrected chi connectivity index (χ1v) is 7.82. The van der Waals surface area contributed by atoms with Crippen molar-refractivity contribution in [1.82, 2.24) is 0 Å². The van der Waals surface area contributed by atoms with Crippen LogP contribution in [-0.4, -0.2) is 24.0 Å². The lowest BCUT2D eigenvalue weighted by atomic mass is 10.2. The molecule has 0 aromatic heterocycles. The molecule has 2 aromatic carbocycles. The molecule has 1 amide bonds. The molecule has 0 radical (unpaired) electrons. The summed E-state index contributed by atoms with van der Waals surface area (Å²) in [5.41, 5.74) is -0.252. The van der Waals surface area contributed by atoms with Gasteiger partial charge < -0.3 is 14.8 Å². The molecule has 1 N–H and O–H groups in total. The maximum Gasteiger partial charge on any atom is 0.296 e. The molecule has 2 aromatic rings. The minimum absolute atomic E-state index is 0.0356. The van der Waals surface area contributed by atoms with Crippen molar-refractivity contribution in [3.63, 3.8) is 0 Å². The van der Waals surface area contributed by atoms with Gasteiger partial charge in [-0.2, -0.15) is 0 Å². The number of carbonyl (C=O) groups excluding carboxylic acids is 1. The van der Waals surface area contributed by atoms with E-state index in [1.165, 1.54) is 44.4 Å². The number of anilines is 1. The van der Waals surface area contributed by atoms with Crippen molar-refractivity contribution in [2.45, 2.75) is 13.0 Å². The van der Waals surface area contributed by atoms with Gasteiger partial charge in [-0.05, 0) is 37.3 Å². The molecule has 0 aliphatic rings. The maximum absolute atomic E-state index is 12.3. The number of hydrogen-bond acceptors (Lipinski definition) is 5. The first-order valence-electron chi connectivity index (χ1n) is 7.07. The highest BCUT2D eigenvalue weighted by Crippen LogP contribution is 2.30. The number of hydrogen-bond donors (Lipinski definition) is 1. The van der Waals surface area contributed by atoms with Gasteiger partial charge in [-0.25, -0.2) is 0 Å². The fourth-order valence-electron chi connectivity index (χ4n) is 1.94. The molecule has 7 nitrogen and oxygen atoms in total. The Morgan fingerprint density at radius 2 is 1.96 bits per heavy atom. The minimum Gasteiger partial charge on any atom is -0.496 e. The van der Waals surface area contributed by atoms with Crippen molar-refractivity contribution in [1.29, 1.82) is 0 Å². The Morgan fingerprint density at radius 3 is 2.56 bits per heavy atom. The molecule has 0 bridgehead atoms. The van der Waals surface area contributed by atoms with Crippen LogP contribution in [0.3, 0.4) is 0 Å². The Kier molecular flexibility index (Phi) is 6.06. The van der Waals surface area contributed by atoms with Crippen molar-refractivity contribution in [2.24, 2.45) is 0 Å². The maximum atomic E-state index is 12.3. The number of carbonyl (C=O) groups is 1. The number of nitrogens with zero attached hydrogens (tertiary/aromatic N) is 1. The summed E-state index contributed by atoms with van der Waals surface area (Å²) in [6, 6.07) is 8.70. The van der Waals surface area contributed by atoms with Crippen molar-refractivity contribution >= 4 is 40.5 Å². The monoisotopic (exact) mass is 384 g/mol. The van der Waals surface area contributed by atoms with Crippen LogP contribution in [0.5, 0.6) is 11.5 Å². The summed E-state index contributed by atoms with van der Waals surface area (Å²) in [7, 11) is 1.39. The normalized spacial score (nSPS) is 11.5. The van der Waals surface area contributed by atoms with Crippen molar-refractivity contribution < 1.29 is 19.2 Å². The zero-order valence-corrected chi connectivity index (χ0v) is 14.8. The minimum atomic E-state index is -0.944. The Morgan fingerprint density at radius 1 is 1.24 bits per heavy atom. The van der Waals surface area contributed by atoms with Crippen molar-refractivity contribution in [3.05, 3.63) is 56.6 Å². The van der Waals surface area contributed by atoms with E-state index in [2.05, 4.69) is 5.32 Å².